The van der Waals surface area contributed by atoms with Crippen molar-refractivity contribution < 1.29 is 19.1 Å². The smallest absolute Gasteiger partial charge is 0.287 e. The van der Waals surface area contributed by atoms with Crippen molar-refractivity contribution >= 4 is 23.6 Å². The van der Waals surface area contributed by atoms with Gasteiger partial charge in [0.25, 0.3) is 11.8 Å². The van der Waals surface area contributed by atoms with Crippen molar-refractivity contribution in [1.29, 1.82) is 0 Å². The topological polar surface area (TPSA) is 89.0 Å². The molecule has 0 atom stereocenters. The van der Waals surface area contributed by atoms with Gasteiger partial charge in [0, 0.05) is 5.56 Å². The maximum Gasteiger partial charge on any atom is 0.287 e. The van der Waals surface area contributed by atoms with Crippen LogP contribution in [0.4, 0.5) is 0 Å². The van der Waals surface area contributed by atoms with Crippen LogP contribution in [0, 0.1) is 0 Å². The lowest BCUT2D eigenvalue weighted by molar-refractivity contribution is -0.117. The van der Waals surface area contributed by atoms with Gasteiger partial charge >= 0.3 is 0 Å². The molecule has 1 aliphatic carbocycles. The van der Waals surface area contributed by atoms with Gasteiger partial charge in [0.2, 0.25) is 0 Å². The first-order valence-electron chi connectivity index (χ1n) is 12.3. The first-order chi connectivity index (χ1) is 18.0. The molecule has 1 aliphatic rings. The molecule has 0 bridgehead atoms. The monoisotopic (exact) mass is 497 g/mol. The zero-order valence-electron chi connectivity index (χ0n) is 21.3. The number of rotatable bonds is 8. The predicted molar refractivity (Wildman–Crippen MR) is 145 cm³/mol. The van der Waals surface area contributed by atoms with Crippen molar-refractivity contribution in [2.45, 2.75) is 32.6 Å². The number of nitrogens with one attached hydrogen (secondary N) is 2. The van der Waals surface area contributed by atoms with Crippen LogP contribution < -0.4 is 20.2 Å². The molecule has 190 valence electrons. The minimum absolute atomic E-state index is 0.0445. The number of fused-ring (bicyclic) bond motifs is 1. The quantitative estimate of drug-likeness (QED) is 0.263. The number of hydrogen-bond acceptors (Lipinski definition) is 5. The number of carbonyl (C=O) groups excluding carboxylic acids is 2. The second-order valence-corrected chi connectivity index (χ2v) is 8.82. The minimum atomic E-state index is -0.545. The summed E-state index contributed by atoms with van der Waals surface area (Å²) in [4.78, 5) is 26.1. The lowest BCUT2D eigenvalue weighted by Gasteiger charge is -2.16. The van der Waals surface area contributed by atoms with Crippen molar-refractivity contribution in [2.75, 3.05) is 14.2 Å². The number of hydrazone groups is 1. The van der Waals surface area contributed by atoms with Crippen LogP contribution in [0.3, 0.4) is 0 Å². The highest BCUT2D eigenvalue weighted by atomic mass is 16.5. The molecule has 2 amide bonds. The van der Waals surface area contributed by atoms with Gasteiger partial charge < -0.3 is 14.8 Å². The number of methoxy groups -OCH3 is 2. The Kier molecular flexibility index (Phi) is 8.36. The zero-order chi connectivity index (χ0) is 26.2. The molecule has 0 saturated carbocycles. The Morgan fingerprint density at radius 3 is 2.30 bits per heavy atom. The summed E-state index contributed by atoms with van der Waals surface area (Å²) in [5, 5.41) is 7.05. The predicted octanol–water partition coefficient (Wildman–Crippen LogP) is 4.89. The molecule has 3 aromatic rings. The maximum absolute atomic E-state index is 13.2. The number of nitrogens with zero attached hydrogens (tertiary/aromatic N) is 1. The molecule has 0 aromatic heterocycles. The molecule has 4 rings (SSSR count). The molecule has 2 N–H and O–H groups in total. The molecule has 0 radical (unpaired) electrons. The summed E-state index contributed by atoms with van der Waals surface area (Å²) in [5.74, 6) is 0.116. The van der Waals surface area contributed by atoms with E-state index >= 15 is 0 Å². The van der Waals surface area contributed by atoms with Crippen LogP contribution in [-0.4, -0.2) is 31.7 Å². The van der Waals surface area contributed by atoms with Crippen molar-refractivity contribution in [1.82, 2.24) is 10.7 Å². The van der Waals surface area contributed by atoms with E-state index in [0.717, 1.165) is 18.4 Å². The van der Waals surface area contributed by atoms with E-state index in [4.69, 9.17) is 9.47 Å². The molecule has 0 fully saturated rings. The molecule has 0 spiro atoms. The summed E-state index contributed by atoms with van der Waals surface area (Å²) in [6.45, 7) is 1.85. The van der Waals surface area contributed by atoms with Gasteiger partial charge in [0.1, 0.15) is 5.70 Å². The van der Waals surface area contributed by atoms with E-state index in [-0.39, 0.29) is 5.70 Å². The maximum atomic E-state index is 13.2. The molecule has 7 nitrogen and oxygen atoms in total. The molecule has 7 heteroatoms. The Bertz CT molecular complexity index is 1350. The zero-order valence-corrected chi connectivity index (χ0v) is 21.3. The van der Waals surface area contributed by atoms with E-state index < -0.39 is 11.8 Å². The van der Waals surface area contributed by atoms with E-state index in [2.05, 4.69) is 28.0 Å². The number of benzene rings is 3. The lowest BCUT2D eigenvalue weighted by atomic mass is 9.90. The highest BCUT2D eigenvalue weighted by Crippen LogP contribution is 2.28. The molecule has 37 heavy (non-hydrogen) atoms. The Morgan fingerprint density at radius 1 is 0.838 bits per heavy atom. The van der Waals surface area contributed by atoms with Gasteiger partial charge in [-0.05, 0) is 91.3 Å². The number of hydrogen-bond donors (Lipinski definition) is 2. The Morgan fingerprint density at radius 2 is 1.57 bits per heavy atom. The largest absolute Gasteiger partial charge is 0.493 e. The molecule has 0 aliphatic heterocycles. The molecule has 0 unspecified atom stereocenters. The fraction of sp³-hybridized carbons (Fsp3) is 0.233. The SMILES string of the molecule is COc1ccc(/C=C(/NC(=O)c2ccccc2)C(=O)N/N=C(\C)c2ccc3c(c2)CCCC3)cc1OC. The van der Waals surface area contributed by atoms with E-state index in [0.29, 0.717) is 28.3 Å². The lowest BCUT2D eigenvalue weighted by Crippen LogP contribution is -2.33. The summed E-state index contributed by atoms with van der Waals surface area (Å²) >= 11 is 0. The molecular formula is C30H31N3O4. The standard InChI is InChI=1S/C30H31N3O4/c1-20(24-15-14-22-9-7-8-12-25(22)19-24)32-33-30(35)26(31-29(34)23-10-5-4-6-11-23)17-21-13-16-27(36-2)28(18-21)37-3/h4-6,10-11,13-19H,7-9,12H2,1-3H3,(H,31,34)(H,33,35)/b26-17+,32-20+. The summed E-state index contributed by atoms with van der Waals surface area (Å²) in [6, 6.07) is 20.3. The van der Waals surface area contributed by atoms with Gasteiger partial charge in [-0.15, -0.1) is 0 Å². The van der Waals surface area contributed by atoms with E-state index in [1.54, 1.807) is 55.7 Å². The second kappa shape index (κ2) is 12.0. The minimum Gasteiger partial charge on any atom is -0.493 e. The van der Waals surface area contributed by atoms with Crippen LogP contribution in [0.5, 0.6) is 11.5 Å². The molecule has 0 heterocycles. The Balaban J connectivity index is 1.59. The van der Waals surface area contributed by atoms with E-state index in [1.165, 1.54) is 31.1 Å². The summed E-state index contributed by atoms with van der Waals surface area (Å²) in [5.41, 5.74) is 8.09. The third-order valence-corrected chi connectivity index (χ3v) is 6.34. The van der Waals surface area contributed by atoms with Crippen molar-refractivity contribution in [3.63, 3.8) is 0 Å². The van der Waals surface area contributed by atoms with Crippen molar-refractivity contribution in [2.24, 2.45) is 5.10 Å². The third kappa shape index (κ3) is 6.44. The van der Waals surface area contributed by atoms with Crippen LogP contribution >= 0.6 is 0 Å². The Labute approximate surface area is 217 Å². The number of ether oxygens (including phenoxy) is 2. The summed E-state index contributed by atoms with van der Waals surface area (Å²) in [7, 11) is 3.09. The van der Waals surface area contributed by atoms with Crippen LogP contribution in [0.2, 0.25) is 0 Å². The average molecular weight is 498 g/mol. The van der Waals surface area contributed by atoms with Gasteiger partial charge in [-0.3, -0.25) is 9.59 Å². The molecular weight excluding hydrogens is 466 g/mol. The highest BCUT2D eigenvalue weighted by Gasteiger charge is 2.16. The fourth-order valence-corrected chi connectivity index (χ4v) is 4.27. The molecule has 3 aromatic carbocycles. The van der Waals surface area contributed by atoms with Gasteiger partial charge in [0.15, 0.2) is 11.5 Å². The fourth-order valence-electron chi connectivity index (χ4n) is 4.27. The molecule has 0 saturated heterocycles. The Hall–Kier alpha value is -4.39. The van der Waals surface area contributed by atoms with Crippen LogP contribution in [0.1, 0.15) is 52.4 Å². The first kappa shape index (κ1) is 25.7. The van der Waals surface area contributed by atoms with Crippen molar-refractivity contribution in [3.8, 4) is 11.5 Å². The van der Waals surface area contributed by atoms with E-state index in [1.807, 2.05) is 19.1 Å². The summed E-state index contributed by atoms with van der Waals surface area (Å²) < 4.78 is 10.7. The second-order valence-electron chi connectivity index (χ2n) is 8.82. The average Bonchev–Trinajstić information content (AvgIpc) is 2.95. The number of aryl methyl sites for hydroxylation is 2. The van der Waals surface area contributed by atoms with Gasteiger partial charge in [-0.25, -0.2) is 5.43 Å². The third-order valence-electron chi connectivity index (χ3n) is 6.34. The van der Waals surface area contributed by atoms with Crippen LogP contribution in [0.15, 0.2) is 77.5 Å². The first-order valence-corrected chi connectivity index (χ1v) is 12.3. The highest BCUT2D eigenvalue weighted by molar-refractivity contribution is 6.06. The van der Waals surface area contributed by atoms with Gasteiger partial charge in [0.05, 0.1) is 19.9 Å². The normalized spacial score (nSPS) is 13.4. The van der Waals surface area contributed by atoms with Crippen molar-refractivity contribution in [3.05, 3.63) is 100 Å². The van der Waals surface area contributed by atoms with Crippen LogP contribution in [-0.2, 0) is 17.6 Å². The summed E-state index contributed by atoms with van der Waals surface area (Å²) in [6.07, 6.45) is 6.15. The van der Waals surface area contributed by atoms with Crippen LogP contribution in [0.25, 0.3) is 6.08 Å². The van der Waals surface area contributed by atoms with Gasteiger partial charge in [-0.2, -0.15) is 5.10 Å². The number of carbonyl (C=O) groups is 2. The van der Waals surface area contributed by atoms with Gasteiger partial charge in [-0.1, -0.05) is 36.4 Å². The van der Waals surface area contributed by atoms with E-state index in [9.17, 15) is 9.59 Å². The number of amides is 2.